The molecule has 0 heterocycles. The molecule has 5 rings (SSSR count). The number of aryl methyl sites for hydroxylation is 1. The van der Waals surface area contributed by atoms with Crippen LogP contribution in [0.15, 0.2) is 54.6 Å². The van der Waals surface area contributed by atoms with Crippen LogP contribution in [0.25, 0.3) is 10.8 Å². The third kappa shape index (κ3) is 8.58. The van der Waals surface area contributed by atoms with Gasteiger partial charge in [-0.05, 0) is 79.1 Å². The summed E-state index contributed by atoms with van der Waals surface area (Å²) >= 11 is 0. The molecule has 3 aromatic carbocycles. The highest BCUT2D eigenvalue weighted by Gasteiger charge is 2.34. The smallest absolute Gasteiger partial charge is 0.277 e. The summed E-state index contributed by atoms with van der Waals surface area (Å²) in [6, 6.07) is 16.2. The number of nitrogens with zero attached hydrogens (tertiary/aromatic N) is 2. The summed E-state index contributed by atoms with van der Waals surface area (Å²) in [5.74, 6) is -0.397. The van der Waals surface area contributed by atoms with Gasteiger partial charge < -0.3 is 9.74 Å². The largest absolute Gasteiger partial charge is 0.414 e. The monoisotopic (exact) mass is 645 g/mol. The molecule has 1 amide bonds. The Morgan fingerprint density at radius 3 is 2.15 bits per heavy atom. The molecule has 3 aromatic rings. The number of benzene rings is 3. The van der Waals surface area contributed by atoms with Gasteiger partial charge in [-0.15, -0.1) is 0 Å². The second-order valence-corrected chi connectivity index (χ2v) is 18.1. The van der Waals surface area contributed by atoms with E-state index in [-0.39, 0.29) is 17.5 Å². The molecule has 1 saturated carbocycles. The Bertz CT molecular complexity index is 1520. The first-order chi connectivity index (χ1) is 22.1. The maximum absolute atomic E-state index is 13.7. The van der Waals surface area contributed by atoms with Crippen LogP contribution in [0.4, 0.5) is 11.4 Å². The van der Waals surface area contributed by atoms with E-state index in [1.165, 1.54) is 50.5 Å². The average Bonchev–Trinajstić information content (AvgIpc) is 3.04. The molecule has 0 spiro atoms. The molecule has 10 heteroatoms. The van der Waals surface area contributed by atoms with E-state index >= 15 is 0 Å². The van der Waals surface area contributed by atoms with E-state index in [0.29, 0.717) is 6.10 Å². The van der Waals surface area contributed by atoms with Crippen molar-refractivity contribution >= 4 is 36.4 Å². The van der Waals surface area contributed by atoms with E-state index in [9.17, 15) is 25.0 Å². The van der Waals surface area contributed by atoms with Gasteiger partial charge in [0.05, 0.1) is 27.5 Å². The third-order valence-electron chi connectivity index (χ3n) is 9.89. The molecule has 0 aliphatic heterocycles. The molecule has 2 atom stereocenters. The lowest BCUT2D eigenvalue weighted by atomic mass is 9.75. The lowest BCUT2D eigenvalue weighted by Gasteiger charge is -2.36. The van der Waals surface area contributed by atoms with E-state index in [1.54, 1.807) is 0 Å². The molecular formula is C36H47N3O6Si. The summed E-state index contributed by atoms with van der Waals surface area (Å²) < 4.78 is 6.88. The predicted molar refractivity (Wildman–Crippen MR) is 184 cm³/mol. The summed E-state index contributed by atoms with van der Waals surface area (Å²) in [5.41, 5.74) is 1.22. The van der Waals surface area contributed by atoms with Crippen LogP contribution in [-0.4, -0.2) is 30.2 Å². The number of fused-ring (bicyclic) bond motifs is 3. The number of carbonyl (C=O) groups is 1. The van der Waals surface area contributed by atoms with Crippen LogP contribution >= 0.6 is 0 Å². The van der Waals surface area contributed by atoms with Gasteiger partial charge in [-0.2, -0.15) is 0 Å². The molecule has 1 fully saturated rings. The van der Waals surface area contributed by atoms with Crippen LogP contribution in [0, 0.1) is 26.1 Å². The minimum atomic E-state index is -1.91. The molecule has 9 nitrogen and oxygen atoms in total. The topological polar surface area (TPSA) is 125 Å². The minimum Gasteiger partial charge on any atom is -0.414 e. The molecule has 0 saturated heterocycles. The normalized spacial score (nSPS) is 19.7. The Balaban J connectivity index is 1.35. The average molecular weight is 646 g/mol. The fraction of sp³-hybridized carbons (Fsp3) is 0.528. The summed E-state index contributed by atoms with van der Waals surface area (Å²) in [4.78, 5) is 35.4. The summed E-state index contributed by atoms with van der Waals surface area (Å²) in [5, 5.41) is 28.4. The van der Waals surface area contributed by atoms with Crippen LogP contribution in [0.3, 0.4) is 0 Å². The van der Waals surface area contributed by atoms with E-state index in [1.807, 2.05) is 12.1 Å². The molecule has 0 unspecified atom stereocenters. The van der Waals surface area contributed by atoms with Crippen LogP contribution < -0.4 is 5.32 Å². The van der Waals surface area contributed by atoms with Crippen molar-refractivity contribution in [1.82, 2.24) is 5.32 Å². The van der Waals surface area contributed by atoms with Crippen molar-refractivity contribution in [2.45, 2.75) is 115 Å². The van der Waals surface area contributed by atoms with Gasteiger partial charge >= 0.3 is 0 Å². The molecule has 0 aromatic heterocycles. The van der Waals surface area contributed by atoms with Crippen LogP contribution in [0.2, 0.25) is 19.1 Å². The molecule has 2 aliphatic rings. The minimum absolute atomic E-state index is 0.0837. The fourth-order valence-corrected chi connectivity index (χ4v) is 9.83. The van der Waals surface area contributed by atoms with Crippen molar-refractivity contribution in [2.24, 2.45) is 5.92 Å². The Morgan fingerprint density at radius 2 is 1.50 bits per heavy atom. The predicted octanol–water partition coefficient (Wildman–Crippen LogP) is 9.58. The fourth-order valence-electron chi connectivity index (χ4n) is 7.52. The van der Waals surface area contributed by atoms with E-state index in [4.69, 9.17) is 4.43 Å². The number of nitro benzene ring substituents is 2. The molecular weight excluding hydrogens is 598 g/mol. The van der Waals surface area contributed by atoms with Crippen LogP contribution in [0.5, 0.6) is 0 Å². The van der Waals surface area contributed by atoms with Crippen molar-refractivity contribution in [3.05, 3.63) is 91.5 Å². The molecule has 46 heavy (non-hydrogen) atoms. The van der Waals surface area contributed by atoms with Gasteiger partial charge in [0.25, 0.3) is 17.3 Å². The number of carbonyl (C=O) groups excluding carboxylic acids is 1. The molecule has 0 bridgehead atoms. The van der Waals surface area contributed by atoms with Crippen molar-refractivity contribution < 1.29 is 19.1 Å². The second kappa shape index (κ2) is 15.3. The van der Waals surface area contributed by atoms with Crippen molar-refractivity contribution in [2.75, 3.05) is 0 Å². The highest BCUT2D eigenvalue weighted by molar-refractivity contribution is 6.71. The lowest BCUT2D eigenvalue weighted by molar-refractivity contribution is -0.394. The van der Waals surface area contributed by atoms with Crippen molar-refractivity contribution in [3.63, 3.8) is 0 Å². The van der Waals surface area contributed by atoms with Gasteiger partial charge in [0, 0.05) is 18.2 Å². The van der Waals surface area contributed by atoms with Gasteiger partial charge in [0.15, 0.2) is 8.32 Å². The first kappa shape index (κ1) is 33.7. The van der Waals surface area contributed by atoms with E-state index in [2.05, 4.69) is 42.7 Å². The van der Waals surface area contributed by atoms with Gasteiger partial charge in [0.1, 0.15) is 0 Å². The van der Waals surface area contributed by atoms with Gasteiger partial charge in [-0.3, -0.25) is 25.0 Å². The zero-order chi connectivity index (χ0) is 32.7. The molecule has 246 valence electrons. The van der Waals surface area contributed by atoms with Gasteiger partial charge in [-0.1, -0.05) is 87.8 Å². The molecule has 0 radical (unpaired) electrons. The zero-order valence-corrected chi connectivity index (χ0v) is 28.2. The third-order valence-corrected chi connectivity index (χ3v) is 12.4. The van der Waals surface area contributed by atoms with Gasteiger partial charge in [0.2, 0.25) is 0 Å². The number of nitrogens with one attached hydrogen (secondary N) is 1. The number of amides is 1. The quantitative estimate of drug-likeness (QED) is 0.133. The standard InChI is InChI=1S/C36H47N3O6Si/c1-46(2,45-32-15-8-6-4-3-5-7-9-16-32)22-12-14-28-21-20-27-19-18-26-13-10-11-17-33(26)34(27)35(28)37-36(40)29-23-30(38(41)42)25-31(24-29)39(43)44/h10-11,13,17-19,23-25,28,32,35H,3-9,12,14-16,20-22H2,1-2H3,(H,37,40)/t28-,35-/m0/s1. The highest BCUT2D eigenvalue weighted by atomic mass is 28.4. The Hall–Kier alpha value is -3.63. The number of rotatable bonds is 10. The second-order valence-electron chi connectivity index (χ2n) is 13.8. The van der Waals surface area contributed by atoms with Crippen LogP contribution in [-0.2, 0) is 10.8 Å². The van der Waals surface area contributed by atoms with Crippen molar-refractivity contribution in [1.29, 1.82) is 0 Å². The molecule has 1 N–H and O–H groups in total. The van der Waals surface area contributed by atoms with E-state index in [0.717, 1.165) is 79.1 Å². The Morgan fingerprint density at radius 1 is 0.870 bits per heavy atom. The Labute approximate surface area is 272 Å². The number of non-ortho nitro benzene ring substituents is 2. The van der Waals surface area contributed by atoms with Crippen molar-refractivity contribution in [3.8, 4) is 0 Å². The van der Waals surface area contributed by atoms with Gasteiger partial charge in [-0.25, -0.2) is 0 Å². The maximum atomic E-state index is 13.7. The SMILES string of the molecule is C[Si](C)(CCC[C@H]1CCc2ccc3ccccc3c2[C@H]1NC(=O)c1cc([N+](=O)[O-])cc([N+](=O)[O-])c1)OC1CCCCCCCCC1. The number of nitro groups is 2. The highest BCUT2D eigenvalue weighted by Crippen LogP contribution is 2.42. The molecule has 2 aliphatic carbocycles. The van der Waals surface area contributed by atoms with Crippen LogP contribution in [0.1, 0.15) is 105 Å². The number of hydrogen-bond donors (Lipinski definition) is 1. The summed E-state index contributed by atoms with van der Waals surface area (Å²) in [6.07, 6.45) is 15.5. The Kier molecular flexibility index (Phi) is 11.2. The zero-order valence-electron chi connectivity index (χ0n) is 27.2. The number of hydrogen-bond acceptors (Lipinski definition) is 6. The first-order valence-corrected chi connectivity index (χ1v) is 20.2. The van der Waals surface area contributed by atoms with E-state index < -0.39 is 35.4 Å². The lowest BCUT2D eigenvalue weighted by Crippen LogP contribution is -2.38. The first-order valence-electron chi connectivity index (χ1n) is 17.0. The summed E-state index contributed by atoms with van der Waals surface area (Å²) in [7, 11) is -1.91. The summed E-state index contributed by atoms with van der Waals surface area (Å²) in [6.45, 7) is 4.67. The maximum Gasteiger partial charge on any atom is 0.277 e.